The molecule has 43 heavy (non-hydrogen) atoms. The smallest absolute Gasteiger partial charge is 0.316 e. The fraction of sp³-hybridized carbons (Fsp3) is 0.516. The van der Waals surface area contributed by atoms with E-state index in [1.165, 1.54) is 13.2 Å². The number of aliphatic hydroxyl groups excluding tert-OH is 1. The lowest BCUT2D eigenvalue weighted by molar-refractivity contribution is -0.258. The van der Waals surface area contributed by atoms with Crippen molar-refractivity contribution < 1.29 is 54.4 Å². The van der Waals surface area contributed by atoms with Gasteiger partial charge in [0.25, 0.3) is 0 Å². The highest BCUT2D eigenvalue weighted by Gasteiger charge is 2.53. The molecule has 12 heteroatoms. The molecule has 3 aromatic carbocycles. The van der Waals surface area contributed by atoms with Gasteiger partial charge in [0, 0.05) is 35.4 Å². The molecule has 7 atom stereocenters. The molecule has 1 heterocycles. The summed E-state index contributed by atoms with van der Waals surface area (Å²) in [5.41, 5.74) is -2.06. The van der Waals surface area contributed by atoms with Crippen molar-refractivity contribution in [3.8, 4) is 28.7 Å². The molecule has 12 nitrogen and oxygen atoms in total. The lowest BCUT2D eigenvalue weighted by Crippen LogP contribution is -2.54. The van der Waals surface area contributed by atoms with Crippen LogP contribution in [0.2, 0.25) is 0 Å². The third kappa shape index (κ3) is 4.68. The topological polar surface area (TPSA) is 179 Å². The van der Waals surface area contributed by atoms with Crippen LogP contribution in [0.5, 0.6) is 28.7 Å². The molecule has 0 amide bonds. The minimum absolute atomic E-state index is 0.0391. The van der Waals surface area contributed by atoms with E-state index in [1.54, 1.807) is 26.0 Å². The number of phenols is 4. The highest BCUT2D eigenvalue weighted by molar-refractivity contribution is 6.17. The van der Waals surface area contributed by atoms with Gasteiger partial charge in [-0.2, -0.15) is 0 Å². The molecule has 0 saturated carbocycles. The fourth-order valence-electron chi connectivity index (χ4n) is 6.78. The van der Waals surface area contributed by atoms with Crippen molar-refractivity contribution in [1.29, 1.82) is 0 Å². The average molecular weight is 602 g/mol. The van der Waals surface area contributed by atoms with Crippen molar-refractivity contribution in [2.24, 2.45) is 0 Å². The summed E-state index contributed by atoms with van der Waals surface area (Å²) in [5, 5.41) is 68.7. The second-order valence-electron chi connectivity index (χ2n) is 11.6. The van der Waals surface area contributed by atoms with Crippen LogP contribution in [0.1, 0.15) is 56.3 Å². The largest absolute Gasteiger partial charge is 0.507 e. The molecule has 3 aromatic rings. The number of fused-ring (bicyclic) bond motifs is 3. The molecule has 0 bridgehead atoms. The molecule has 1 aliphatic carbocycles. The van der Waals surface area contributed by atoms with Crippen molar-refractivity contribution in [3.05, 3.63) is 29.3 Å². The van der Waals surface area contributed by atoms with Gasteiger partial charge < -0.3 is 54.5 Å². The van der Waals surface area contributed by atoms with Gasteiger partial charge in [-0.25, -0.2) is 0 Å². The number of carbonyl (C=O) groups excluding carboxylic acids is 1. The molecular weight excluding hydrogens is 562 g/mol. The standard InChI is InChI=1S/C31H39NO11/c1-7-31(39)12-17(43-18-11-15(32(3)4)25(33)13(2)42-18)20-21(24(31)30(38)41-6)29(37)22-23(28(20)36)27(35)19-14(26(22)34)9-8-10-16(19)40-5/h8-10,13,15,17-18,24-25,33-37,39H,7,11-12H2,1-6H3/t13-,15-,17-,18-,24-,25+,31+/m0/s1. The summed E-state index contributed by atoms with van der Waals surface area (Å²) in [6.07, 6.45) is -3.39. The zero-order chi connectivity index (χ0) is 31.5. The Kier molecular flexibility index (Phi) is 8.03. The van der Waals surface area contributed by atoms with Crippen molar-refractivity contribution >= 4 is 27.5 Å². The molecule has 0 spiro atoms. The monoisotopic (exact) mass is 601 g/mol. The van der Waals surface area contributed by atoms with Gasteiger partial charge in [0.15, 0.2) is 6.29 Å². The van der Waals surface area contributed by atoms with E-state index in [4.69, 9.17) is 18.9 Å². The normalized spacial score (nSPS) is 29.1. The summed E-state index contributed by atoms with van der Waals surface area (Å²) >= 11 is 0. The van der Waals surface area contributed by atoms with Gasteiger partial charge >= 0.3 is 5.97 Å². The van der Waals surface area contributed by atoms with Crippen LogP contribution >= 0.6 is 0 Å². The Morgan fingerprint density at radius 2 is 1.67 bits per heavy atom. The summed E-state index contributed by atoms with van der Waals surface area (Å²) in [6.45, 7) is 3.37. The van der Waals surface area contributed by atoms with Crippen LogP contribution in [0.25, 0.3) is 21.5 Å². The van der Waals surface area contributed by atoms with E-state index in [2.05, 4.69) is 0 Å². The Labute approximate surface area is 248 Å². The van der Waals surface area contributed by atoms with Gasteiger partial charge in [0.1, 0.15) is 34.7 Å². The Balaban J connectivity index is 1.81. The SMILES string of the molecule is CC[C@@]1(O)C[C@H](O[C@H]2C[C@H](N(C)C)[C@H](O)[C@H](C)O2)c2c(c(O)c3c(O)c4cccc(OC)c4c(O)c3c2O)[C@H]1C(=O)OC. The van der Waals surface area contributed by atoms with Gasteiger partial charge in [-0.1, -0.05) is 19.1 Å². The number of carbonyl (C=O) groups is 1. The van der Waals surface area contributed by atoms with Crippen LogP contribution in [0.3, 0.4) is 0 Å². The van der Waals surface area contributed by atoms with Crippen molar-refractivity contribution in [3.63, 3.8) is 0 Å². The molecule has 1 saturated heterocycles. The van der Waals surface area contributed by atoms with E-state index in [9.17, 15) is 35.4 Å². The Hall–Kier alpha value is -3.55. The first-order valence-electron chi connectivity index (χ1n) is 14.2. The predicted molar refractivity (Wildman–Crippen MR) is 156 cm³/mol. The quantitative estimate of drug-likeness (QED) is 0.138. The van der Waals surface area contributed by atoms with Gasteiger partial charge in [0.05, 0.1) is 54.3 Å². The second-order valence-corrected chi connectivity index (χ2v) is 11.6. The third-order valence-electron chi connectivity index (χ3n) is 9.13. The van der Waals surface area contributed by atoms with Gasteiger partial charge in [0.2, 0.25) is 0 Å². The molecule has 1 aliphatic heterocycles. The number of esters is 1. The maximum Gasteiger partial charge on any atom is 0.316 e. The molecule has 6 N–H and O–H groups in total. The van der Waals surface area contributed by atoms with Crippen LogP contribution in [-0.4, -0.2) is 100.0 Å². The van der Waals surface area contributed by atoms with Crippen LogP contribution in [0, 0.1) is 0 Å². The lowest BCUT2D eigenvalue weighted by Gasteiger charge is -2.46. The number of rotatable bonds is 6. The maximum absolute atomic E-state index is 13.2. The fourth-order valence-corrected chi connectivity index (χ4v) is 6.78. The lowest BCUT2D eigenvalue weighted by atomic mass is 9.67. The van der Waals surface area contributed by atoms with E-state index in [-0.39, 0.29) is 63.7 Å². The number of phenolic OH excluding ortho intramolecular Hbond substituents is 4. The predicted octanol–water partition coefficient (Wildman–Crippen LogP) is 3.11. The maximum atomic E-state index is 13.2. The number of nitrogens with zero attached hydrogens (tertiary/aromatic N) is 1. The van der Waals surface area contributed by atoms with E-state index in [0.717, 1.165) is 7.11 Å². The van der Waals surface area contributed by atoms with Crippen LogP contribution in [-0.2, 0) is 19.0 Å². The number of methoxy groups -OCH3 is 2. The van der Waals surface area contributed by atoms with Crippen molar-refractivity contribution in [1.82, 2.24) is 4.90 Å². The molecule has 234 valence electrons. The first kappa shape index (κ1) is 30.9. The van der Waals surface area contributed by atoms with Crippen LogP contribution < -0.4 is 4.74 Å². The Morgan fingerprint density at radius 1 is 1.02 bits per heavy atom. The van der Waals surface area contributed by atoms with Crippen molar-refractivity contribution in [2.45, 2.75) is 75.3 Å². The number of aromatic hydroxyl groups is 4. The number of aliphatic hydroxyl groups is 2. The minimum atomic E-state index is -1.80. The van der Waals surface area contributed by atoms with E-state index in [0.29, 0.717) is 0 Å². The van der Waals surface area contributed by atoms with Crippen molar-refractivity contribution in [2.75, 3.05) is 28.3 Å². The zero-order valence-corrected chi connectivity index (χ0v) is 25.0. The van der Waals surface area contributed by atoms with E-state index < -0.39 is 65.1 Å². The van der Waals surface area contributed by atoms with E-state index in [1.807, 2.05) is 19.0 Å². The van der Waals surface area contributed by atoms with E-state index >= 15 is 0 Å². The van der Waals surface area contributed by atoms with Gasteiger partial charge in [-0.15, -0.1) is 0 Å². The second kappa shape index (κ2) is 11.2. The highest BCUT2D eigenvalue weighted by Crippen LogP contribution is 2.60. The summed E-state index contributed by atoms with van der Waals surface area (Å²) in [7, 11) is 6.17. The summed E-state index contributed by atoms with van der Waals surface area (Å²) in [5.74, 6) is -4.28. The number of likely N-dealkylation sites (N-methyl/N-ethyl adjacent to an activating group) is 1. The first-order valence-corrected chi connectivity index (χ1v) is 14.2. The van der Waals surface area contributed by atoms with Crippen LogP contribution in [0.15, 0.2) is 18.2 Å². The molecule has 5 rings (SSSR count). The minimum Gasteiger partial charge on any atom is -0.507 e. The average Bonchev–Trinajstić information content (AvgIpc) is 2.98. The third-order valence-corrected chi connectivity index (χ3v) is 9.13. The Morgan fingerprint density at radius 3 is 2.28 bits per heavy atom. The molecular formula is C31H39NO11. The highest BCUT2D eigenvalue weighted by atomic mass is 16.7. The molecule has 0 unspecified atom stereocenters. The van der Waals surface area contributed by atoms with Gasteiger partial charge in [-0.05, 0) is 33.5 Å². The van der Waals surface area contributed by atoms with Crippen LogP contribution in [0.4, 0.5) is 0 Å². The molecule has 0 radical (unpaired) electrons. The number of ether oxygens (including phenoxy) is 4. The van der Waals surface area contributed by atoms with Gasteiger partial charge in [-0.3, -0.25) is 4.79 Å². The number of benzene rings is 3. The zero-order valence-electron chi connectivity index (χ0n) is 25.0. The molecule has 0 aromatic heterocycles. The Bertz CT molecular complexity index is 1570. The number of hydrogen-bond donors (Lipinski definition) is 6. The first-order chi connectivity index (χ1) is 20.3. The summed E-state index contributed by atoms with van der Waals surface area (Å²) in [6, 6.07) is 4.33. The summed E-state index contributed by atoms with van der Waals surface area (Å²) in [4.78, 5) is 15.1. The number of hydrogen-bond acceptors (Lipinski definition) is 12. The molecule has 2 aliphatic rings. The summed E-state index contributed by atoms with van der Waals surface area (Å²) < 4.78 is 22.8. The molecule has 1 fully saturated rings.